The Kier molecular flexibility index (Phi) is 5.84. The maximum Gasteiger partial charge on any atom is 0.389 e. The molecule has 114 valence electrons. The molecule has 0 amide bonds. The van der Waals surface area contributed by atoms with E-state index in [-0.39, 0.29) is 30.0 Å². The summed E-state index contributed by atoms with van der Waals surface area (Å²) in [4.78, 5) is -0.0194. The molecule has 0 radical (unpaired) electrons. The minimum atomic E-state index is -4.21. The Morgan fingerprint density at radius 1 is 1.25 bits per heavy atom. The molecule has 4 nitrogen and oxygen atoms in total. The maximum absolute atomic E-state index is 11.9. The molecule has 0 aromatic heterocycles. The zero-order valence-corrected chi connectivity index (χ0v) is 12.8. The largest absolute Gasteiger partial charge is 0.398 e. The summed E-state index contributed by atoms with van der Waals surface area (Å²) in [5, 5.41) is 0. The zero-order chi connectivity index (χ0) is 15.4. The first-order valence-electron chi connectivity index (χ1n) is 5.73. The van der Waals surface area contributed by atoms with Gasteiger partial charge in [0.15, 0.2) is 0 Å². The van der Waals surface area contributed by atoms with E-state index in [1.807, 2.05) is 0 Å². The van der Waals surface area contributed by atoms with Crippen LogP contribution in [-0.4, -0.2) is 21.1 Å². The van der Waals surface area contributed by atoms with Gasteiger partial charge in [-0.05, 0) is 47.0 Å². The quantitative estimate of drug-likeness (QED) is 0.593. The monoisotopic (exact) mass is 374 g/mol. The number of nitrogen functional groups attached to an aromatic ring is 1. The topological polar surface area (TPSA) is 72.2 Å². The standard InChI is InChI=1S/C11H14BrF3N2O2S/c12-9-4-3-8(7-10(9)16)20(18,19)17-6-2-1-5-11(13,14)15/h3-4,7,17H,1-2,5-6,16H2. The summed E-state index contributed by atoms with van der Waals surface area (Å²) in [6.07, 6.45) is -5.13. The lowest BCUT2D eigenvalue weighted by molar-refractivity contribution is -0.135. The van der Waals surface area contributed by atoms with Crippen LogP contribution in [0.4, 0.5) is 18.9 Å². The van der Waals surface area contributed by atoms with E-state index in [1.165, 1.54) is 18.2 Å². The smallest absolute Gasteiger partial charge is 0.389 e. The number of halogens is 4. The van der Waals surface area contributed by atoms with E-state index in [0.717, 1.165) is 0 Å². The predicted octanol–water partition coefficient (Wildman–Crippen LogP) is 3.04. The number of anilines is 1. The second kappa shape index (κ2) is 6.77. The van der Waals surface area contributed by atoms with Gasteiger partial charge in [-0.1, -0.05) is 0 Å². The van der Waals surface area contributed by atoms with Crippen molar-refractivity contribution in [3.05, 3.63) is 22.7 Å². The molecular weight excluding hydrogens is 361 g/mol. The molecule has 0 aliphatic heterocycles. The van der Waals surface area contributed by atoms with Gasteiger partial charge in [-0.25, -0.2) is 13.1 Å². The molecule has 1 aromatic carbocycles. The molecular formula is C11H14BrF3N2O2S. The van der Waals surface area contributed by atoms with Crippen molar-refractivity contribution in [1.82, 2.24) is 4.72 Å². The molecule has 20 heavy (non-hydrogen) atoms. The molecule has 0 fully saturated rings. The van der Waals surface area contributed by atoms with Crippen molar-refractivity contribution in [2.45, 2.75) is 30.3 Å². The van der Waals surface area contributed by atoms with Gasteiger partial charge in [0.25, 0.3) is 0 Å². The van der Waals surface area contributed by atoms with Gasteiger partial charge in [0.1, 0.15) is 0 Å². The van der Waals surface area contributed by atoms with Crippen molar-refractivity contribution in [3.8, 4) is 0 Å². The van der Waals surface area contributed by atoms with E-state index in [9.17, 15) is 21.6 Å². The van der Waals surface area contributed by atoms with E-state index in [4.69, 9.17) is 5.73 Å². The third-order valence-corrected chi connectivity index (χ3v) is 4.64. The van der Waals surface area contributed by atoms with Crippen molar-refractivity contribution in [2.75, 3.05) is 12.3 Å². The summed E-state index contributed by atoms with van der Waals surface area (Å²) in [5.41, 5.74) is 5.85. The van der Waals surface area contributed by atoms with Gasteiger partial charge in [-0.2, -0.15) is 13.2 Å². The van der Waals surface area contributed by atoms with Gasteiger partial charge in [-0.15, -0.1) is 0 Å². The minimum absolute atomic E-state index is 0.0194. The van der Waals surface area contributed by atoms with Crippen LogP contribution in [0.5, 0.6) is 0 Å². The molecule has 3 N–H and O–H groups in total. The summed E-state index contributed by atoms with van der Waals surface area (Å²) >= 11 is 3.14. The summed E-state index contributed by atoms with van der Waals surface area (Å²) in [5.74, 6) is 0. The Balaban J connectivity index is 2.52. The van der Waals surface area contributed by atoms with Crippen LogP contribution in [0, 0.1) is 0 Å². The summed E-state index contributed by atoms with van der Waals surface area (Å²) < 4.78 is 62.2. The molecule has 0 unspecified atom stereocenters. The van der Waals surface area contributed by atoms with Gasteiger partial charge in [0, 0.05) is 23.1 Å². The molecule has 0 atom stereocenters. The van der Waals surface area contributed by atoms with E-state index < -0.39 is 22.6 Å². The first-order chi connectivity index (χ1) is 9.12. The second-order valence-electron chi connectivity index (χ2n) is 4.15. The predicted molar refractivity (Wildman–Crippen MR) is 73.6 cm³/mol. The van der Waals surface area contributed by atoms with Crippen LogP contribution >= 0.6 is 15.9 Å². The molecule has 9 heteroatoms. The van der Waals surface area contributed by atoms with E-state index in [1.54, 1.807) is 0 Å². The van der Waals surface area contributed by atoms with E-state index >= 15 is 0 Å². The Morgan fingerprint density at radius 3 is 2.45 bits per heavy atom. The Labute approximate surface area is 123 Å². The molecule has 0 saturated carbocycles. The summed E-state index contributed by atoms with van der Waals surface area (Å²) in [6, 6.07) is 4.13. The molecule has 0 aliphatic carbocycles. The van der Waals surface area contributed by atoms with Crippen molar-refractivity contribution in [2.24, 2.45) is 0 Å². The van der Waals surface area contributed by atoms with Crippen molar-refractivity contribution < 1.29 is 21.6 Å². The van der Waals surface area contributed by atoms with Crippen molar-refractivity contribution in [3.63, 3.8) is 0 Å². The molecule has 0 spiro atoms. The van der Waals surface area contributed by atoms with E-state index in [0.29, 0.717) is 4.47 Å². The fraction of sp³-hybridized carbons (Fsp3) is 0.455. The Morgan fingerprint density at radius 2 is 1.90 bits per heavy atom. The number of alkyl halides is 3. The average Bonchev–Trinajstić information content (AvgIpc) is 2.30. The SMILES string of the molecule is Nc1cc(S(=O)(=O)NCCCCC(F)(F)F)ccc1Br. The van der Waals surface area contributed by atoms with Gasteiger partial charge < -0.3 is 5.73 Å². The minimum Gasteiger partial charge on any atom is -0.398 e. The number of unbranched alkanes of at least 4 members (excludes halogenated alkanes) is 1. The lowest BCUT2D eigenvalue weighted by Crippen LogP contribution is -2.25. The molecule has 0 bridgehead atoms. The highest BCUT2D eigenvalue weighted by molar-refractivity contribution is 9.10. The molecule has 0 heterocycles. The van der Waals surface area contributed by atoms with Gasteiger partial charge in [-0.3, -0.25) is 0 Å². The van der Waals surface area contributed by atoms with Crippen molar-refractivity contribution in [1.29, 1.82) is 0 Å². The average molecular weight is 375 g/mol. The fourth-order valence-corrected chi connectivity index (χ4v) is 2.78. The van der Waals surface area contributed by atoms with Crippen LogP contribution < -0.4 is 10.5 Å². The van der Waals surface area contributed by atoms with Crippen LogP contribution in [0.15, 0.2) is 27.6 Å². The molecule has 1 aromatic rings. The van der Waals surface area contributed by atoms with Crippen LogP contribution in [0.2, 0.25) is 0 Å². The van der Waals surface area contributed by atoms with Gasteiger partial charge >= 0.3 is 6.18 Å². The fourth-order valence-electron chi connectivity index (χ4n) is 1.43. The number of benzene rings is 1. The Bertz CT molecular complexity index is 561. The van der Waals surface area contributed by atoms with Crippen LogP contribution in [0.1, 0.15) is 19.3 Å². The van der Waals surface area contributed by atoms with E-state index in [2.05, 4.69) is 20.7 Å². The number of sulfonamides is 1. The van der Waals surface area contributed by atoms with Crippen LogP contribution in [-0.2, 0) is 10.0 Å². The molecule has 0 saturated heterocycles. The third kappa shape index (κ3) is 5.68. The normalized spacial score (nSPS) is 12.6. The highest BCUT2D eigenvalue weighted by Gasteiger charge is 2.26. The number of nitrogens with one attached hydrogen (secondary N) is 1. The Hall–Kier alpha value is -0.800. The number of hydrogen-bond donors (Lipinski definition) is 2. The van der Waals surface area contributed by atoms with Gasteiger partial charge in [0.2, 0.25) is 10.0 Å². The summed E-state index contributed by atoms with van der Waals surface area (Å²) in [6.45, 7) is -0.0472. The lowest BCUT2D eigenvalue weighted by Gasteiger charge is -2.09. The summed E-state index contributed by atoms with van der Waals surface area (Å²) in [7, 11) is -3.75. The number of rotatable bonds is 6. The third-order valence-electron chi connectivity index (χ3n) is 2.46. The molecule has 0 aliphatic rings. The van der Waals surface area contributed by atoms with Crippen LogP contribution in [0.3, 0.4) is 0 Å². The molecule has 1 rings (SSSR count). The highest BCUT2D eigenvalue weighted by Crippen LogP contribution is 2.23. The lowest BCUT2D eigenvalue weighted by atomic mass is 10.2. The number of nitrogens with two attached hydrogens (primary N) is 1. The zero-order valence-electron chi connectivity index (χ0n) is 10.4. The first kappa shape index (κ1) is 17.3. The van der Waals surface area contributed by atoms with Gasteiger partial charge in [0.05, 0.1) is 4.90 Å². The maximum atomic E-state index is 11.9. The van der Waals surface area contributed by atoms with Crippen molar-refractivity contribution >= 4 is 31.6 Å². The van der Waals surface area contributed by atoms with Crippen LogP contribution in [0.25, 0.3) is 0 Å². The second-order valence-corrected chi connectivity index (χ2v) is 6.77. The highest BCUT2D eigenvalue weighted by atomic mass is 79.9. The first-order valence-corrected chi connectivity index (χ1v) is 8.01. The number of hydrogen-bond acceptors (Lipinski definition) is 3.